The van der Waals surface area contributed by atoms with Gasteiger partial charge in [0.15, 0.2) is 0 Å². The summed E-state index contributed by atoms with van der Waals surface area (Å²) in [5.74, 6) is 1.28. The summed E-state index contributed by atoms with van der Waals surface area (Å²) < 4.78 is 0. The molecule has 1 aliphatic heterocycles. The van der Waals surface area contributed by atoms with Crippen LogP contribution in [0.4, 0.5) is 5.95 Å². The Kier molecular flexibility index (Phi) is 5.35. The molecular weight excluding hydrogens is 366 g/mol. The van der Waals surface area contributed by atoms with E-state index in [1.807, 2.05) is 25.1 Å². The molecule has 0 unspecified atom stereocenters. The summed E-state index contributed by atoms with van der Waals surface area (Å²) in [7, 11) is 0. The number of aryl methyl sites for hydroxylation is 1. The predicted molar refractivity (Wildman–Crippen MR) is 112 cm³/mol. The number of benzene rings is 1. The van der Waals surface area contributed by atoms with E-state index in [1.165, 1.54) is 6.33 Å². The maximum atomic E-state index is 10.5. The number of piperazine rings is 1. The van der Waals surface area contributed by atoms with Gasteiger partial charge in [-0.3, -0.25) is 0 Å². The highest BCUT2D eigenvalue weighted by Gasteiger charge is 2.23. The van der Waals surface area contributed by atoms with Gasteiger partial charge >= 0.3 is 0 Å². The van der Waals surface area contributed by atoms with Crippen LogP contribution in [0.15, 0.2) is 36.8 Å². The van der Waals surface area contributed by atoms with Gasteiger partial charge in [-0.05, 0) is 31.0 Å². The Morgan fingerprint density at radius 2 is 1.97 bits per heavy atom. The maximum Gasteiger partial charge on any atom is 0.245 e. The minimum atomic E-state index is 0.115. The lowest BCUT2D eigenvalue weighted by atomic mass is 10.0. The zero-order valence-electron chi connectivity index (χ0n) is 16.9. The molecule has 0 spiro atoms. The van der Waals surface area contributed by atoms with Crippen molar-refractivity contribution in [1.29, 1.82) is 0 Å². The first kappa shape index (κ1) is 19.2. The summed E-state index contributed by atoms with van der Waals surface area (Å²) in [6.07, 6.45) is 3.18. The molecule has 3 heterocycles. The van der Waals surface area contributed by atoms with Gasteiger partial charge < -0.3 is 15.3 Å². The number of rotatable bonds is 4. The maximum absolute atomic E-state index is 10.5. The summed E-state index contributed by atoms with van der Waals surface area (Å²) in [5.41, 5.74) is 3.57. The van der Waals surface area contributed by atoms with Crippen LogP contribution in [0.25, 0.3) is 22.5 Å². The van der Waals surface area contributed by atoms with Crippen molar-refractivity contribution in [2.45, 2.75) is 26.8 Å². The first-order valence-electron chi connectivity index (χ1n) is 9.81. The lowest BCUT2D eigenvalue weighted by Crippen LogP contribution is -2.53. The molecule has 1 aromatic carbocycles. The lowest BCUT2D eigenvalue weighted by Gasteiger charge is -2.35. The highest BCUT2D eigenvalue weighted by Crippen LogP contribution is 2.31. The highest BCUT2D eigenvalue weighted by molar-refractivity contribution is 5.72. The number of hydrogen-bond donors (Lipinski definition) is 2. The summed E-state index contributed by atoms with van der Waals surface area (Å²) >= 11 is 0. The second-order valence-electron chi connectivity index (χ2n) is 7.67. The Hall–Kier alpha value is -3.13. The molecule has 8 nitrogen and oxygen atoms in total. The van der Waals surface area contributed by atoms with E-state index in [0.717, 1.165) is 36.6 Å². The van der Waals surface area contributed by atoms with Crippen molar-refractivity contribution >= 4 is 5.95 Å². The third-order valence-electron chi connectivity index (χ3n) is 5.22. The van der Waals surface area contributed by atoms with Crippen LogP contribution in [0.3, 0.4) is 0 Å². The third kappa shape index (κ3) is 4.17. The second kappa shape index (κ2) is 8.08. The van der Waals surface area contributed by atoms with Gasteiger partial charge in [-0.1, -0.05) is 19.9 Å². The van der Waals surface area contributed by atoms with Gasteiger partial charge in [0, 0.05) is 42.5 Å². The van der Waals surface area contributed by atoms with Crippen LogP contribution in [0.5, 0.6) is 5.75 Å². The fourth-order valence-corrected chi connectivity index (χ4v) is 3.46. The SMILES string of the molecule is Cc1cc(-c2ccc(-c3cnc(N4CCN[C@H](C(C)C)C4)nn3)c(O)c2)ncn1. The fourth-order valence-electron chi connectivity index (χ4n) is 3.46. The van der Waals surface area contributed by atoms with Crippen LogP contribution in [-0.4, -0.2) is 55.9 Å². The van der Waals surface area contributed by atoms with Crippen molar-refractivity contribution in [2.24, 2.45) is 5.92 Å². The fraction of sp³-hybridized carbons (Fsp3) is 0.381. The molecule has 8 heteroatoms. The van der Waals surface area contributed by atoms with Gasteiger partial charge in [0.05, 0.1) is 11.9 Å². The van der Waals surface area contributed by atoms with Crippen molar-refractivity contribution in [3.8, 4) is 28.3 Å². The average Bonchev–Trinajstić information content (AvgIpc) is 2.74. The van der Waals surface area contributed by atoms with Gasteiger partial charge in [-0.25, -0.2) is 15.0 Å². The molecule has 0 saturated carbocycles. The molecule has 0 bridgehead atoms. The van der Waals surface area contributed by atoms with Crippen LogP contribution in [-0.2, 0) is 0 Å². The molecule has 0 aliphatic carbocycles. The van der Waals surface area contributed by atoms with Gasteiger partial charge in [0.1, 0.15) is 17.8 Å². The standard InChI is InChI=1S/C21H25N7O/c1-13(2)19-11-28(7-6-22-19)21-23-10-18(26-27-21)16-5-4-15(9-20(16)29)17-8-14(3)24-12-25-17/h4-5,8-10,12-13,19,22,29H,6-7,11H2,1-3H3/t19-/m0/s1. The molecule has 1 atom stereocenters. The molecule has 150 valence electrons. The predicted octanol–water partition coefficient (Wildman–Crippen LogP) is 2.44. The minimum absolute atomic E-state index is 0.115. The quantitative estimate of drug-likeness (QED) is 0.700. The Morgan fingerprint density at radius 1 is 1.10 bits per heavy atom. The summed E-state index contributed by atoms with van der Waals surface area (Å²) in [4.78, 5) is 15.0. The number of aromatic hydroxyl groups is 1. The van der Waals surface area contributed by atoms with Crippen LogP contribution in [0.1, 0.15) is 19.5 Å². The number of hydrogen-bond acceptors (Lipinski definition) is 8. The van der Waals surface area contributed by atoms with Crippen molar-refractivity contribution in [2.75, 3.05) is 24.5 Å². The molecule has 2 aromatic heterocycles. The minimum Gasteiger partial charge on any atom is -0.507 e. The zero-order valence-corrected chi connectivity index (χ0v) is 16.9. The van der Waals surface area contributed by atoms with Crippen LogP contribution in [0.2, 0.25) is 0 Å². The molecule has 0 radical (unpaired) electrons. The average molecular weight is 391 g/mol. The van der Waals surface area contributed by atoms with Gasteiger partial charge in [0.2, 0.25) is 5.95 Å². The van der Waals surface area contributed by atoms with Crippen LogP contribution in [0, 0.1) is 12.8 Å². The first-order valence-corrected chi connectivity index (χ1v) is 9.81. The monoisotopic (exact) mass is 391 g/mol. The second-order valence-corrected chi connectivity index (χ2v) is 7.67. The molecular formula is C21H25N7O. The highest BCUT2D eigenvalue weighted by atomic mass is 16.3. The number of nitrogens with zero attached hydrogens (tertiary/aromatic N) is 6. The summed E-state index contributed by atoms with van der Waals surface area (Å²) in [6, 6.07) is 7.68. The molecule has 3 aromatic rings. The Balaban J connectivity index is 1.55. The van der Waals surface area contributed by atoms with E-state index in [4.69, 9.17) is 0 Å². The number of nitrogens with one attached hydrogen (secondary N) is 1. The Morgan fingerprint density at radius 3 is 2.66 bits per heavy atom. The number of anilines is 1. The lowest BCUT2D eigenvalue weighted by molar-refractivity contribution is 0.365. The van der Waals surface area contributed by atoms with Gasteiger partial charge in [-0.15, -0.1) is 10.2 Å². The molecule has 0 amide bonds. The molecule has 1 aliphatic rings. The smallest absolute Gasteiger partial charge is 0.245 e. The van der Waals surface area contributed by atoms with E-state index in [2.05, 4.69) is 49.2 Å². The molecule has 1 saturated heterocycles. The third-order valence-corrected chi connectivity index (χ3v) is 5.22. The molecule has 2 N–H and O–H groups in total. The Bertz CT molecular complexity index is 991. The summed E-state index contributed by atoms with van der Waals surface area (Å²) in [6.45, 7) is 8.93. The topological polar surface area (TPSA) is 100.0 Å². The van der Waals surface area contributed by atoms with Crippen molar-refractivity contribution in [3.63, 3.8) is 0 Å². The van der Waals surface area contributed by atoms with E-state index >= 15 is 0 Å². The summed E-state index contributed by atoms with van der Waals surface area (Å²) in [5, 5.41) is 22.7. The van der Waals surface area contributed by atoms with Crippen molar-refractivity contribution < 1.29 is 5.11 Å². The largest absolute Gasteiger partial charge is 0.507 e. The number of aromatic nitrogens is 5. The normalized spacial score (nSPS) is 17.0. The first-order chi connectivity index (χ1) is 14.0. The van der Waals surface area contributed by atoms with E-state index in [0.29, 0.717) is 29.2 Å². The number of phenolic OH excluding ortho intramolecular Hbond substituents is 1. The molecule has 1 fully saturated rings. The zero-order chi connectivity index (χ0) is 20.4. The van der Waals surface area contributed by atoms with E-state index < -0.39 is 0 Å². The van der Waals surface area contributed by atoms with E-state index in [9.17, 15) is 5.11 Å². The molecule has 4 rings (SSSR count). The van der Waals surface area contributed by atoms with Gasteiger partial charge in [0.25, 0.3) is 0 Å². The van der Waals surface area contributed by atoms with Crippen LogP contribution < -0.4 is 10.2 Å². The van der Waals surface area contributed by atoms with Crippen molar-refractivity contribution in [1.82, 2.24) is 30.5 Å². The van der Waals surface area contributed by atoms with Gasteiger partial charge in [-0.2, -0.15) is 0 Å². The van der Waals surface area contributed by atoms with Crippen LogP contribution >= 0.6 is 0 Å². The molecule has 29 heavy (non-hydrogen) atoms. The van der Waals surface area contributed by atoms with E-state index in [-0.39, 0.29) is 5.75 Å². The Labute approximate surface area is 170 Å². The van der Waals surface area contributed by atoms with Crippen molar-refractivity contribution in [3.05, 3.63) is 42.5 Å². The van der Waals surface area contributed by atoms with E-state index in [1.54, 1.807) is 12.3 Å². The number of phenols is 1.